The van der Waals surface area contributed by atoms with Gasteiger partial charge in [-0.05, 0) is 49.9 Å². The topological polar surface area (TPSA) is 110 Å². The molecule has 24 heavy (non-hydrogen) atoms. The minimum Gasteiger partial charge on any atom is -0.369 e. The van der Waals surface area contributed by atoms with Gasteiger partial charge in [-0.25, -0.2) is 13.1 Å². The van der Waals surface area contributed by atoms with E-state index in [2.05, 4.69) is 4.72 Å². The molecule has 0 bridgehead atoms. The molecule has 0 unspecified atom stereocenters. The van der Waals surface area contributed by atoms with Gasteiger partial charge in [0.1, 0.15) is 0 Å². The maximum atomic E-state index is 12.5. The second-order valence-corrected chi connectivity index (χ2v) is 8.10. The molecular formula is C16H21N3O4S. The van der Waals surface area contributed by atoms with Crippen LogP contribution in [0.2, 0.25) is 0 Å². The van der Waals surface area contributed by atoms with E-state index in [4.69, 9.17) is 5.73 Å². The van der Waals surface area contributed by atoms with Crippen LogP contribution in [0.25, 0.3) is 0 Å². The normalized spacial score (nSPS) is 19.2. The molecule has 1 aromatic rings. The first-order valence-corrected chi connectivity index (χ1v) is 9.56. The summed E-state index contributed by atoms with van der Waals surface area (Å²) >= 11 is 0. The van der Waals surface area contributed by atoms with Crippen LogP contribution < -0.4 is 10.5 Å². The molecule has 2 fully saturated rings. The van der Waals surface area contributed by atoms with Gasteiger partial charge in [-0.15, -0.1) is 0 Å². The van der Waals surface area contributed by atoms with Crippen LogP contribution in [0.15, 0.2) is 29.2 Å². The summed E-state index contributed by atoms with van der Waals surface area (Å²) in [7, 11) is -3.51. The van der Waals surface area contributed by atoms with Crippen LogP contribution >= 0.6 is 0 Å². The van der Waals surface area contributed by atoms with Crippen LogP contribution in [-0.4, -0.2) is 44.3 Å². The first-order valence-electron chi connectivity index (χ1n) is 8.08. The van der Waals surface area contributed by atoms with Crippen molar-refractivity contribution < 1.29 is 18.0 Å². The van der Waals surface area contributed by atoms with E-state index in [9.17, 15) is 18.0 Å². The lowest BCUT2D eigenvalue weighted by Crippen LogP contribution is -2.41. The molecule has 2 aliphatic rings. The Morgan fingerprint density at radius 1 is 1.04 bits per heavy atom. The number of rotatable bonds is 5. The van der Waals surface area contributed by atoms with Crippen LogP contribution in [0.1, 0.15) is 36.0 Å². The highest BCUT2D eigenvalue weighted by Crippen LogP contribution is 2.23. The molecule has 1 aromatic carbocycles. The van der Waals surface area contributed by atoms with Gasteiger partial charge in [-0.1, -0.05) is 0 Å². The first-order chi connectivity index (χ1) is 11.4. The van der Waals surface area contributed by atoms with E-state index in [1.807, 2.05) is 0 Å². The Labute approximate surface area is 141 Å². The van der Waals surface area contributed by atoms with Crippen molar-refractivity contribution >= 4 is 21.8 Å². The smallest absolute Gasteiger partial charge is 0.253 e. The van der Waals surface area contributed by atoms with E-state index in [1.165, 1.54) is 24.3 Å². The summed E-state index contributed by atoms with van der Waals surface area (Å²) in [5.74, 6) is -0.646. The van der Waals surface area contributed by atoms with E-state index >= 15 is 0 Å². The number of primary amides is 1. The Hall–Kier alpha value is -1.93. The third-order valence-electron chi connectivity index (χ3n) is 4.50. The highest BCUT2D eigenvalue weighted by Gasteiger charge is 2.29. The first kappa shape index (κ1) is 16.9. The summed E-state index contributed by atoms with van der Waals surface area (Å²) in [6.45, 7) is 0.964. The van der Waals surface area contributed by atoms with Crippen molar-refractivity contribution in [2.45, 2.75) is 36.6 Å². The number of piperidine rings is 1. The second-order valence-electron chi connectivity index (χ2n) is 6.39. The molecule has 1 aliphatic heterocycles. The molecule has 1 heterocycles. The number of nitrogens with two attached hydrogens (primary N) is 1. The molecule has 0 radical (unpaired) electrons. The van der Waals surface area contributed by atoms with Gasteiger partial charge < -0.3 is 10.6 Å². The highest BCUT2D eigenvalue weighted by molar-refractivity contribution is 7.89. The molecule has 0 spiro atoms. The molecule has 0 aromatic heterocycles. The van der Waals surface area contributed by atoms with Gasteiger partial charge in [-0.3, -0.25) is 9.59 Å². The SMILES string of the molecule is NC(=O)C1CCN(C(=O)c2ccc(S(=O)(=O)NC3CC3)cc2)CC1. The van der Waals surface area contributed by atoms with Crippen molar-refractivity contribution in [3.8, 4) is 0 Å². The van der Waals surface area contributed by atoms with Gasteiger partial charge in [0.05, 0.1) is 4.90 Å². The quantitative estimate of drug-likeness (QED) is 0.803. The van der Waals surface area contributed by atoms with Gasteiger partial charge in [0, 0.05) is 30.6 Å². The lowest BCUT2D eigenvalue weighted by molar-refractivity contribution is -0.123. The van der Waals surface area contributed by atoms with Gasteiger partial charge in [-0.2, -0.15) is 0 Å². The largest absolute Gasteiger partial charge is 0.369 e. The van der Waals surface area contributed by atoms with Crippen molar-refractivity contribution in [2.75, 3.05) is 13.1 Å². The summed E-state index contributed by atoms with van der Waals surface area (Å²) < 4.78 is 26.8. The number of carbonyl (C=O) groups is 2. The number of amides is 2. The summed E-state index contributed by atoms with van der Waals surface area (Å²) in [5, 5.41) is 0. The van der Waals surface area contributed by atoms with Crippen LogP contribution in [-0.2, 0) is 14.8 Å². The second kappa shape index (κ2) is 6.52. The molecule has 8 heteroatoms. The summed E-state index contributed by atoms with van der Waals surface area (Å²) in [6.07, 6.45) is 2.88. The van der Waals surface area contributed by atoms with Gasteiger partial charge >= 0.3 is 0 Å². The average molecular weight is 351 g/mol. The Morgan fingerprint density at radius 3 is 2.12 bits per heavy atom. The number of sulfonamides is 1. The zero-order chi connectivity index (χ0) is 17.3. The average Bonchev–Trinajstić information content (AvgIpc) is 3.37. The molecule has 3 N–H and O–H groups in total. The van der Waals surface area contributed by atoms with Crippen LogP contribution in [0, 0.1) is 5.92 Å². The maximum absolute atomic E-state index is 12.5. The van der Waals surface area contributed by atoms with E-state index in [0.717, 1.165) is 12.8 Å². The van der Waals surface area contributed by atoms with Crippen LogP contribution in [0.4, 0.5) is 0 Å². The number of likely N-dealkylation sites (tertiary alicyclic amines) is 1. The number of nitrogens with one attached hydrogen (secondary N) is 1. The zero-order valence-corrected chi connectivity index (χ0v) is 14.1. The molecule has 2 amide bonds. The molecule has 0 atom stereocenters. The van der Waals surface area contributed by atoms with Gasteiger partial charge in [0.25, 0.3) is 5.91 Å². The monoisotopic (exact) mass is 351 g/mol. The molecule has 1 saturated heterocycles. The number of carbonyl (C=O) groups excluding carboxylic acids is 2. The Morgan fingerprint density at radius 2 is 1.62 bits per heavy atom. The van der Waals surface area contributed by atoms with E-state index < -0.39 is 10.0 Å². The lowest BCUT2D eigenvalue weighted by Gasteiger charge is -2.30. The van der Waals surface area contributed by atoms with Crippen molar-refractivity contribution in [3.05, 3.63) is 29.8 Å². The Bertz CT molecular complexity index is 733. The van der Waals surface area contributed by atoms with Crippen molar-refractivity contribution in [1.82, 2.24) is 9.62 Å². The summed E-state index contributed by atoms with van der Waals surface area (Å²) in [4.78, 5) is 25.5. The van der Waals surface area contributed by atoms with Gasteiger partial charge in [0.15, 0.2) is 0 Å². The number of hydrogen-bond donors (Lipinski definition) is 2. The molecule has 1 saturated carbocycles. The third-order valence-corrected chi connectivity index (χ3v) is 6.03. The third kappa shape index (κ3) is 3.76. The number of nitrogens with zero attached hydrogens (tertiary/aromatic N) is 1. The van der Waals surface area contributed by atoms with E-state index in [-0.39, 0.29) is 28.7 Å². The van der Waals surface area contributed by atoms with E-state index in [1.54, 1.807) is 4.90 Å². The maximum Gasteiger partial charge on any atom is 0.253 e. The predicted molar refractivity (Wildman–Crippen MR) is 87.6 cm³/mol. The Balaban J connectivity index is 1.65. The van der Waals surface area contributed by atoms with Gasteiger partial charge in [0.2, 0.25) is 15.9 Å². The minimum absolute atomic E-state index is 0.0443. The standard InChI is InChI=1S/C16H21N3O4S/c17-15(20)11-7-9-19(10-8-11)16(21)12-1-5-14(6-2-12)24(22,23)18-13-3-4-13/h1-2,5-6,11,13,18H,3-4,7-10H2,(H2,17,20). The lowest BCUT2D eigenvalue weighted by atomic mass is 9.96. The number of hydrogen-bond acceptors (Lipinski definition) is 4. The highest BCUT2D eigenvalue weighted by atomic mass is 32.2. The zero-order valence-electron chi connectivity index (χ0n) is 13.3. The fraction of sp³-hybridized carbons (Fsp3) is 0.500. The van der Waals surface area contributed by atoms with Crippen molar-refractivity contribution in [1.29, 1.82) is 0 Å². The molecule has 130 valence electrons. The summed E-state index contributed by atoms with van der Waals surface area (Å²) in [5.41, 5.74) is 5.73. The van der Waals surface area contributed by atoms with Crippen molar-refractivity contribution in [2.24, 2.45) is 11.7 Å². The molecule has 1 aliphatic carbocycles. The van der Waals surface area contributed by atoms with Crippen molar-refractivity contribution in [3.63, 3.8) is 0 Å². The number of benzene rings is 1. The summed E-state index contributed by atoms with van der Waals surface area (Å²) in [6, 6.07) is 6.01. The molecule has 7 nitrogen and oxygen atoms in total. The Kier molecular flexibility index (Phi) is 4.60. The van der Waals surface area contributed by atoms with E-state index in [0.29, 0.717) is 31.5 Å². The minimum atomic E-state index is -3.51. The fourth-order valence-corrected chi connectivity index (χ4v) is 4.12. The van der Waals surface area contributed by atoms with Crippen LogP contribution in [0.3, 0.4) is 0 Å². The van der Waals surface area contributed by atoms with Crippen LogP contribution in [0.5, 0.6) is 0 Å². The fourth-order valence-electron chi connectivity index (χ4n) is 2.81. The molecule has 3 rings (SSSR count). The molecular weight excluding hydrogens is 330 g/mol. The predicted octanol–water partition coefficient (Wildman–Crippen LogP) is 0.465.